The van der Waals surface area contributed by atoms with Crippen LogP contribution in [0.4, 0.5) is 0 Å². The van der Waals surface area contributed by atoms with Crippen LogP contribution in [0.25, 0.3) is 0 Å². The molecule has 2 aromatic carbocycles. The van der Waals surface area contributed by atoms with Gasteiger partial charge in [-0.1, -0.05) is 36.4 Å². The van der Waals surface area contributed by atoms with Gasteiger partial charge in [0.25, 0.3) is 0 Å². The highest BCUT2D eigenvalue weighted by molar-refractivity contribution is 7.48. The van der Waals surface area contributed by atoms with Crippen LogP contribution in [-0.2, 0) is 4.57 Å². The van der Waals surface area contributed by atoms with E-state index >= 15 is 0 Å². The van der Waals surface area contributed by atoms with Gasteiger partial charge in [-0.15, -0.1) is 12.4 Å². The zero-order valence-corrected chi connectivity index (χ0v) is 10.2. The Morgan fingerprint density at radius 1 is 0.812 bits per heavy atom. The molecular weight excluding hydrogens is 243 g/mol. The topological polar surface area (TPSA) is 26.3 Å². The standard InChI is InChI=1S/C12H10O2P.ClH/c13-15(12-9-5-2-6-10-12)14-11-7-3-1-4-8-11;/h1-10H;1H/q+1;. The van der Waals surface area contributed by atoms with Crippen LogP contribution >= 0.6 is 20.4 Å². The fraction of sp³-hybridized carbons (Fsp3) is 0. The number of rotatable bonds is 3. The van der Waals surface area contributed by atoms with E-state index in [0.717, 1.165) is 0 Å². The molecule has 0 heterocycles. The summed E-state index contributed by atoms with van der Waals surface area (Å²) in [7, 11) is -1.80. The van der Waals surface area contributed by atoms with Crippen LogP contribution in [0.2, 0.25) is 0 Å². The van der Waals surface area contributed by atoms with Crippen molar-refractivity contribution in [1.29, 1.82) is 0 Å². The largest absolute Gasteiger partial charge is 0.597 e. The van der Waals surface area contributed by atoms with E-state index in [1.54, 1.807) is 24.3 Å². The summed E-state index contributed by atoms with van der Waals surface area (Å²) >= 11 is 0. The molecule has 0 fully saturated rings. The van der Waals surface area contributed by atoms with Crippen LogP contribution < -0.4 is 9.83 Å². The molecule has 1 unspecified atom stereocenters. The molecule has 0 bridgehead atoms. The fourth-order valence-corrected chi connectivity index (χ4v) is 2.01. The maximum absolute atomic E-state index is 11.7. The summed E-state index contributed by atoms with van der Waals surface area (Å²) in [5.41, 5.74) is 0. The molecule has 0 aliphatic heterocycles. The molecule has 0 saturated carbocycles. The lowest BCUT2D eigenvalue weighted by Crippen LogP contribution is -1.98. The summed E-state index contributed by atoms with van der Waals surface area (Å²) in [5.74, 6) is 0.627. The van der Waals surface area contributed by atoms with Crippen molar-refractivity contribution in [2.75, 3.05) is 0 Å². The molecule has 0 amide bonds. The van der Waals surface area contributed by atoms with Gasteiger partial charge in [-0.05, 0) is 28.8 Å². The van der Waals surface area contributed by atoms with Crippen molar-refractivity contribution in [2.45, 2.75) is 0 Å². The van der Waals surface area contributed by atoms with E-state index in [1.807, 2.05) is 36.4 Å². The first kappa shape index (κ1) is 12.7. The number of halogens is 1. The van der Waals surface area contributed by atoms with Crippen LogP contribution in [0, 0.1) is 0 Å². The van der Waals surface area contributed by atoms with E-state index in [9.17, 15) is 4.57 Å². The van der Waals surface area contributed by atoms with Crippen LogP contribution in [-0.4, -0.2) is 0 Å². The van der Waals surface area contributed by atoms with Gasteiger partial charge in [-0.25, -0.2) is 0 Å². The molecule has 2 rings (SSSR count). The second-order valence-corrected chi connectivity index (χ2v) is 4.21. The van der Waals surface area contributed by atoms with Gasteiger partial charge in [0.05, 0.1) is 0 Å². The third kappa shape index (κ3) is 3.34. The second kappa shape index (κ2) is 6.26. The molecule has 0 N–H and O–H groups in total. The predicted octanol–water partition coefficient (Wildman–Crippen LogP) is 3.56. The van der Waals surface area contributed by atoms with Crippen molar-refractivity contribution < 1.29 is 9.09 Å². The molecule has 16 heavy (non-hydrogen) atoms. The number of hydrogen-bond acceptors (Lipinski definition) is 2. The van der Waals surface area contributed by atoms with Gasteiger partial charge in [-0.3, -0.25) is 4.52 Å². The number of hydrogen-bond donors (Lipinski definition) is 0. The Hall–Kier alpha value is -1.37. The second-order valence-electron chi connectivity index (χ2n) is 3.00. The monoisotopic (exact) mass is 253 g/mol. The van der Waals surface area contributed by atoms with E-state index in [4.69, 9.17) is 4.52 Å². The fourth-order valence-electron chi connectivity index (χ4n) is 1.18. The van der Waals surface area contributed by atoms with Crippen molar-refractivity contribution in [3.05, 3.63) is 60.7 Å². The first-order valence-corrected chi connectivity index (χ1v) is 5.79. The van der Waals surface area contributed by atoms with Gasteiger partial charge < -0.3 is 0 Å². The Morgan fingerprint density at radius 2 is 1.31 bits per heavy atom. The molecule has 0 radical (unpaired) electrons. The van der Waals surface area contributed by atoms with E-state index in [0.29, 0.717) is 11.1 Å². The SMILES string of the molecule is Cl.O=[P+](Oc1ccccc1)c1ccccc1. The molecule has 0 spiro atoms. The maximum atomic E-state index is 11.7. The molecule has 2 nitrogen and oxygen atoms in total. The lowest BCUT2D eigenvalue weighted by molar-refractivity contribution is 0.514. The first-order chi connectivity index (χ1) is 7.36. The smallest absolute Gasteiger partial charge is 0.250 e. The van der Waals surface area contributed by atoms with E-state index in [1.165, 1.54) is 0 Å². The van der Waals surface area contributed by atoms with Gasteiger partial charge >= 0.3 is 8.03 Å². The molecule has 0 aliphatic carbocycles. The quantitative estimate of drug-likeness (QED) is 0.782. The average Bonchev–Trinajstić information content (AvgIpc) is 2.31. The van der Waals surface area contributed by atoms with Crippen LogP contribution in [0.5, 0.6) is 5.75 Å². The summed E-state index contributed by atoms with van der Waals surface area (Å²) in [6, 6.07) is 18.3. The maximum Gasteiger partial charge on any atom is 0.597 e. The van der Waals surface area contributed by atoms with E-state index < -0.39 is 8.03 Å². The lowest BCUT2D eigenvalue weighted by atomic mass is 10.3. The Bertz CT molecular complexity index is 445. The molecule has 0 saturated heterocycles. The lowest BCUT2D eigenvalue weighted by Gasteiger charge is -1.91. The van der Waals surface area contributed by atoms with Gasteiger partial charge in [0.1, 0.15) is 0 Å². The summed E-state index contributed by atoms with van der Waals surface area (Å²) in [6.45, 7) is 0. The average molecular weight is 254 g/mol. The molecule has 0 aromatic heterocycles. The minimum Gasteiger partial charge on any atom is -0.250 e. The Morgan fingerprint density at radius 3 is 1.88 bits per heavy atom. The Balaban J connectivity index is 0.00000128. The van der Waals surface area contributed by atoms with Crippen molar-refractivity contribution >= 4 is 25.7 Å². The zero-order valence-electron chi connectivity index (χ0n) is 8.45. The summed E-state index contributed by atoms with van der Waals surface area (Å²) in [4.78, 5) is 0. The molecular formula is C12H11ClO2P+. The van der Waals surface area contributed by atoms with Gasteiger partial charge in [0, 0.05) is 0 Å². The third-order valence-corrected chi connectivity index (χ3v) is 2.99. The van der Waals surface area contributed by atoms with Gasteiger partial charge in [0.2, 0.25) is 5.30 Å². The van der Waals surface area contributed by atoms with Crippen molar-refractivity contribution in [3.8, 4) is 5.75 Å². The van der Waals surface area contributed by atoms with Crippen LogP contribution in [0.15, 0.2) is 60.7 Å². The summed E-state index contributed by atoms with van der Waals surface area (Å²) in [6.07, 6.45) is 0. The Kier molecular flexibility index (Phi) is 4.97. The number of para-hydroxylation sites is 1. The summed E-state index contributed by atoms with van der Waals surface area (Å²) in [5, 5.41) is 0.705. The summed E-state index contributed by atoms with van der Waals surface area (Å²) < 4.78 is 17.0. The van der Waals surface area contributed by atoms with Crippen LogP contribution in [0.3, 0.4) is 0 Å². The molecule has 0 aliphatic rings. The Labute approximate surface area is 102 Å². The van der Waals surface area contributed by atoms with Crippen molar-refractivity contribution in [1.82, 2.24) is 0 Å². The highest BCUT2D eigenvalue weighted by Crippen LogP contribution is 2.25. The highest BCUT2D eigenvalue weighted by atomic mass is 35.5. The number of benzene rings is 2. The van der Waals surface area contributed by atoms with Crippen molar-refractivity contribution in [3.63, 3.8) is 0 Å². The van der Waals surface area contributed by atoms with Gasteiger partial charge in [0.15, 0.2) is 5.75 Å². The van der Waals surface area contributed by atoms with E-state index in [2.05, 4.69) is 0 Å². The van der Waals surface area contributed by atoms with Crippen LogP contribution in [0.1, 0.15) is 0 Å². The first-order valence-electron chi connectivity index (χ1n) is 4.61. The minimum atomic E-state index is -1.80. The molecule has 82 valence electrons. The molecule has 1 atom stereocenters. The third-order valence-electron chi connectivity index (χ3n) is 1.90. The normalized spacial score (nSPS) is 10.1. The van der Waals surface area contributed by atoms with Gasteiger partial charge in [-0.2, -0.15) is 0 Å². The zero-order chi connectivity index (χ0) is 10.5. The molecule has 2 aromatic rings. The predicted molar refractivity (Wildman–Crippen MR) is 68.0 cm³/mol. The van der Waals surface area contributed by atoms with E-state index in [-0.39, 0.29) is 12.4 Å². The minimum absolute atomic E-state index is 0. The van der Waals surface area contributed by atoms with Crippen molar-refractivity contribution in [2.24, 2.45) is 0 Å². The molecule has 4 heteroatoms. The highest BCUT2D eigenvalue weighted by Gasteiger charge is 2.22.